The van der Waals surface area contributed by atoms with Crippen molar-refractivity contribution in [2.45, 2.75) is 13.3 Å². The molecule has 0 amide bonds. The lowest BCUT2D eigenvalue weighted by atomic mass is 10.1. The highest BCUT2D eigenvalue weighted by atomic mass is 35.5. The van der Waals surface area contributed by atoms with Crippen LogP contribution in [0.5, 0.6) is 11.5 Å². The zero-order chi connectivity index (χ0) is 13.1. The van der Waals surface area contributed by atoms with Crippen LogP contribution < -0.4 is 9.47 Å². The Bertz CT molecular complexity index is 521. The van der Waals surface area contributed by atoms with Gasteiger partial charge < -0.3 is 13.9 Å². The largest absolute Gasteiger partial charge is 0.495 e. The summed E-state index contributed by atoms with van der Waals surface area (Å²) >= 11 is 6.12. The molecular weight excluding hydrogens is 252 g/mol. The minimum atomic E-state index is 0.464. The SMILES string of the molecule is CCc1ccc(-c2cc(OC)c(Cl)c(OC)c2)o1. The lowest BCUT2D eigenvalue weighted by Gasteiger charge is -2.10. The lowest BCUT2D eigenvalue weighted by molar-refractivity contribution is 0.394. The van der Waals surface area contributed by atoms with Gasteiger partial charge in [0.15, 0.2) is 0 Å². The minimum Gasteiger partial charge on any atom is -0.495 e. The molecule has 4 heteroatoms. The van der Waals surface area contributed by atoms with E-state index in [-0.39, 0.29) is 0 Å². The first-order chi connectivity index (χ1) is 8.69. The summed E-state index contributed by atoms with van der Waals surface area (Å²) in [6.07, 6.45) is 0.863. The normalized spacial score (nSPS) is 10.4. The van der Waals surface area contributed by atoms with E-state index >= 15 is 0 Å². The average Bonchev–Trinajstić information content (AvgIpc) is 2.88. The summed E-state index contributed by atoms with van der Waals surface area (Å²) in [6, 6.07) is 7.57. The van der Waals surface area contributed by atoms with Crippen molar-refractivity contribution in [1.82, 2.24) is 0 Å². The molecule has 0 aliphatic rings. The molecule has 2 aromatic rings. The molecule has 0 bridgehead atoms. The lowest BCUT2D eigenvalue weighted by Crippen LogP contribution is -1.90. The quantitative estimate of drug-likeness (QED) is 0.832. The summed E-state index contributed by atoms with van der Waals surface area (Å²) < 4.78 is 16.2. The highest BCUT2D eigenvalue weighted by Gasteiger charge is 2.13. The predicted molar refractivity (Wildman–Crippen MR) is 71.6 cm³/mol. The minimum absolute atomic E-state index is 0.464. The molecule has 0 atom stereocenters. The Morgan fingerprint density at radius 1 is 1.11 bits per heavy atom. The summed E-state index contributed by atoms with van der Waals surface area (Å²) in [5, 5.41) is 0.464. The van der Waals surface area contributed by atoms with E-state index in [1.807, 2.05) is 31.2 Å². The fraction of sp³-hybridized carbons (Fsp3) is 0.286. The monoisotopic (exact) mass is 266 g/mol. The Balaban J connectivity index is 2.50. The van der Waals surface area contributed by atoms with Gasteiger partial charge in [-0.3, -0.25) is 0 Å². The molecule has 1 aromatic heterocycles. The van der Waals surface area contributed by atoms with Crippen molar-refractivity contribution in [2.24, 2.45) is 0 Å². The molecule has 0 unspecified atom stereocenters. The van der Waals surface area contributed by atoms with Crippen LogP contribution in [0.3, 0.4) is 0 Å². The molecule has 0 aliphatic heterocycles. The number of aryl methyl sites for hydroxylation is 1. The number of benzene rings is 1. The van der Waals surface area contributed by atoms with Crippen molar-refractivity contribution < 1.29 is 13.9 Å². The van der Waals surface area contributed by atoms with Gasteiger partial charge in [0.25, 0.3) is 0 Å². The fourth-order valence-corrected chi connectivity index (χ4v) is 2.00. The van der Waals surface area contributed by atoms with Gasteiger partial charge in [-0.15, -0.1) is 0 Å². The smallest absolute Gasteiger partial charge is 0.141 e. The van der Waals surface area contributed by atoms with E-state index < -0.39 is 0 Å². The van der Waals surface area contributed by atoms with Crippen LogP contribution >= 0.6 is 11.6 Å². The number of ether oxygens (including phenoxy) is 2. The fourth-order valence-electron chi connectivity index (χ4n) is 1.73. The first-order valence-corrected chi connectivity index (χ1v) is 6.08. The van der Waals surface area contributed by atoms with Crippen molar-refractivity contribution in [1.29, 1.82) is 0 Å². The van der Waals surface area contributed by atoms with Crippen molar-refractivity contribution in [3.63, 3.8) is 0 Å². The van der Waals surface area contributed by atoms with Gasteiger partial charge in [-0.2, -0.15) is 0 Å². The molecule has 18 heavy (non-hydrogen) atoms. The van der Waals surface area contributed by atoms with E-state index in [1.165, 1.54) is 0 Å². The van der Waals surface area contributed by atoms with Crippen molar-refractivity contribution in [3.05, 3.63) is 35.0 Å². The van der Waals surface area contributed by atoms with Crippen LogP contribution in [-0.4, -0.2) is 14.2 Å². The summed E-state index contributed by atoms with van der Waals surface area (Å²) in [7, 11) is 3.15. The summed E-state index contributed by atoms with van der Waals surface area (Å²) in [4.78, 5) is 0. The highest BCUT2D eigenvalue weighted by Crippen LogP contribution is 2.39. The first-order valence-electron chi connectivity index (χ1n) is 5.70. The topological polar surface area (TPSA) is 31.6 Å². The Labute approximate surface area is 111 Å². The van der Waals surface area contributed by atoms with E-state index in [1.54, 1.807) is 14.2 Å². The maximum atomic E-state index is 6.12. The Hall–Kier alpha value is -1.61. The Kier molecular flexibility index (Phi) is 3.82. The van der Waals surface area contributed by atoms with Gasteiger partial charge in [-0.25, -0.2) is 0 Å². The second-order valence-corrected chi connectivity index (χ2v) is 4.19. The van der Waals surface area contributed by atoms with Gasteiger partial charge in [0, 0.05) is 12.0 Å². The number of halogens is 1. The number of rotatable bonds is 4. The van der Waals surface area contributed by atoms with Crippen LogP contribution in [0.2, 0.25) is 5.02 Å². The second kappa shape index (κ2) is 5.36. The van der Waals surface area contributed by atoms with Crippen LogP contribution in [0.1, 0.15) is 12.7 Å². The molecule has 0 aliphatic carbocycles. The standard InChI is InChI=1S/C14H15ClO3/c1-4-10-5-6-11(18-10)9-7-12(16-2)14(15)13(8-9)17-3/h5-8H,4H2,1-3H3. The maximum Gasteiger partial charge on any atom is 0.141 e. The second-order valence-electron chi connectivity index (χ2n) is 3.81. The molecule has 0 saturated heterocycles. The van der Waals surface area contributed by atoms with Gasteiger partial charge in [0.1, 0.15) is 28.0 Å². The van der Waals surface area contributed by atoms with Gasteiger partial charge in [0.2, 0.25) is 0 Å². The number of hydrogen-bond acceptors (Lipinski definition) is 3. The third-order valence-electron chi connectivity index (χ3n) is 2.74. The number of furan rings is 1. The first kappa shape index (κ1) is 12.8. The molecular formula is C14H15ClO3. The van der Waals surface area contributed by atoms with Crippen molar-refractivity contribution in [2.75, 3.05) is 14.2 Å². The summed E-state index contributed by atoms with van der Waals surface area (Å²) in [5.41, 5.74) is 0.882. The number of hydrogen-bond donors (Lipinski definition) is 0. The zero-order valence-corrected chi connectivity index (χ0v) is 11.4. The van der Waals surface area contributed by atoms with E-state index in [0.717, 1.165) is 23.5 Å². The molecule has 0 saturated carbocycles. The van der Waals surface area contributed by atoms with Crippen LogP contribution in [0.25, 0.3) is 11.3 Å². The molecule has 96 valence electrons. The number of methoxy groups -OCH3 is 2. The molecule has 1 aromatic carbocycles. The molecule has 0 N–H and O–H groups in total. The molecule has 2 rings (SSSR count). The maximum absolute atomic E-state index is 6.12. The Morgan fingerprint density at radius 2 is 1.72 bits per heavy atom. The van der Waals surface area contributed by atoms with E-state index in [0.29, 0.717) is 16.5 Å². The molecule has 0 fully saturated rings. The third-order valence-corrected chi connectivity index (χ3v) is 3.11. The third kappa shape index (κ3) is 2.31. The average molecular weight is 267 g/mol. The Morgan fingerprint density at radius 3 is 2.17 bits per heavy atom. The molecule has 3 nitrogen and oxygen atoms in total. The zero-order valence-electron chi connectivity index (χ0n) is 10.6. The van der Waals surface area contributed by atoms with Gasteiger partial charge in [-0.05, 0) is 24.3 Å². The van der Waals surface area contributed by atoms with Gasteiger partial charge >= 0.3 is 0 Å². The van der Waals surface area contributed by atoms with Crippen molar-refractivity contribution in [3.8, 4) is 22.8 Å². The van der Waals surface area contributed by atoms with E-state index in [9.17, 15) is 0 Å². The van der Waals surface area contributed by atoms with Gasteiger partial charge in [-0.1, -0.05) is 18.5 Å². The molecule has 1 heterocycles. The van der Waals surface area contributed by atoms with Crippen LogP contribution in [0, 0.1) is 0 Å². The van der Waals surface area contributed by atoms with Crippen LogP contribution in [-0.2, 0) is 6.42 Å². The molecule has 0 radical (unpaired) electrons. The van der Waals surface area contributed by atoms with Crippen molar-refractivity contribution >= 4 is 11.6 Å². The summed E-state index contributed by atoms with van der Waals surface area (Å²) in [5.74, 6) is 2.86. The highest BCUT2D eigenvalue weighted by molar-refractivity contribution is 6.33. The van der Waals surface area contributed by atoms with E-state index in [2.05, 4.69) is 0 Å². The van der Waals surface area contributed by atoms with Gasteiger partial charge in [0.05, 0.1) is 14.2 Å². The molecule has 0 spiro atoms. The predicted octanol–water partition coefficient (Wildman–Crippen LogP) is 4.18. The summed E-state index contributed by atoms with van der Waals surface area (Å²) in [6.45, 7) is 2.05. The van der Waals surface area contributed by atoms with E-state index in [4.69, 9.17) is 25.5 Å². The van der Waals surface area contributed by atoms with Crippen LogP contribution in [0.15, 0.2) is 28.7 Å². The van der Waals surface area contributed by atoms with Crippen LogP contribution in [0.4, 0.5) is 0 Å².